The van der Waals surface area contributed by atoms with Gasteiger partial charge in [-0.3, -0.25) is 4.79 Å². The zero-order valence-corrected chi connectivity index (χ0v) is 14.3. The average Bonchev–Trinajstić information content (AvgIpc) is 3.11. The molecule has 1 aliphatic carbocycles. The number of anilines is 1. The highest BCUT2D eigenvalue weighted by atomic mass is 32.2. The van der Waals surface area contributed by atoms with Crippen molar-refractivity contribution in [3.05, 3.63) is 54.3 Å². The average molecular weight is 363 g/mol. The summed E-state index contributed by atoms with van der Waals surface area (Å²) in [6.07, 6.45) is 3.96. The highest BCUT2D eigenvalue weighted by molar-refractivity contribution is 7.87. The van der Waals surface area contributed by atoms with Crippen molar-refractivity contribution in [2.24, 2.45) is 5.92 Å². The summed E-state index contributed by atoms with van der Waals surface area (Å²) in [7, 11) is -4.03. The summed E-state index contributed by atoms with van der Waals surface area (Å²) < 4.78 is 42.2. The van der Waals surface area contributed by atoms with Crippen LogP contribution in [0.4, 0.5) is 10.1 Å². The second-order valence-corrected chi connectivity index (χ2v) is 7.53. The molecule has 0 aliphatic heterocycles. The molecule has 25 heavy (non-hydrogen) atoms. The SMILES string of the molecule is O=C(Nc1ccc(OS(=O)(=O)c2ccc(F)cc2)cc1)C1CCCC1. The third-order valence-electron chi connectivity index (χ3n) is 4.16. The van der Waals surface area contributed by atoms with Gasteiger partial charge in [-0.05, 0) is 61.4 Å². The molecule has 2 aromatic carbocycles. The van der Waals surface area contributed by atoms with Crippen molar-refractivity contribution >= 4 is 21.7 Å². The van der Waals surface area contributed by atoms with Gasteiger partial charge in [-0.15, -0.1) is 0 Å². The van der Waals surface area contributed by atoms with Crippen molar-refractivity contribution in [3.63, 3.8) is 0 Å². The molecule has 7 heteroatoms. The van der Waals surface area contributed by atoms with Gasteiger partial charge < -0.3 is 9.50 Å². The van der Waals surface area contributed by atoms with E-state index in [2.05, 4.69) is 5.32 Å². The molecule has 0 radical (unpaired) electrons. The first-order valence-corrected chi connectivity index (χ1v) is 9.46. The molecule has 1 saturated carbocycles. The Morgan fingerprint density at radius 1 is 1.00 bits per heavy atom. The van der Waals surface area contributed by atoms with Crippen molar-refractivity contribution in [3.8, 4) is 5.75 Å². The summed E-state index contributed by atoms with van der Waals surface area (Å²) >= 11 is 0. The van der Waals surface area contributed by atoms with Gasteiger partial charge in [0, 0.05) is 11.6 Å². The Kier molecular flexibility index (Phi) is 5.03. The highest BCUT2D eigenvalue weighted by Crippen LogP contribution is 2.27. The predicted molar refractivity (Wildman–Crippen MR) is 91.2 cm³/mol. The first kappa shape index (κ1) is 17.4. The summed E-state index contributed by atoms with van der Waals surface area (Å²) in [6, 6.07) is 10.5. The second-order valence-electron chi connectivity index (χ2n) is 5.99. The van der Waals surface area contributed by atoms with Gasteiger partial charge >= 0.3 is 10.1 Å². The zero-order chi connectivity index (χ0) is 17.9. The van der Waals surface area contributed by atoms with E-state index >= 15 is 0 Å². The molecule has 1 aliphatic rings. The minimum atomic E-state index is -4.03. The molecule has 0 bridgehead atoms. The fraction of sp³-hybridized carbons (Fsp3) is 0.278. The van der Waals surface area contributed by atoms with Crippen molar-refractivity contribution in [2.75, 3.05) is 5.32 Å². The quantitative estimate of drug-likeness (QED) is 0.822. The second kappa shape index (κ2) is 7.23. The van der Waals surface area contributed by atoms with E-state index in [1.54, 1.807) is 12.1 Å². The number of nitrogens with one attached hydrogen (secondary N) is 1. The summed E-state index contributed by atoms with van der Waals surface area (Å²) in [4.78, 5) is 11.9. The van der Waals surface area contributed by atoms with Gasteiger partial charge in [0.2, 0.25) is 5.91 Å². The van der Waals surface area contributed by atoms with Crippen LogP contribution in [0.15, 0.2) is 53.4 Å². The van der Waals surface area contributed by atoms with Crippen molar-refractivity contribution < 1.29 is 21.8 Å². The predicted octanol–water partition coefficient (Wildman–Crippen LogP) is 3.72. The Morgan fingerprint density at radius 3 is 2.20 bits per heavy atom. The molecule has 132 valence electrons. The maximum absolute atomic E-state index is 12.9. The molecular weight excluding hydrogens is 345 g/mol. The molecule has 1 fully saturated rings. The van der Waals surface area contributed by atoms with E-state index < -0.39 is 15.9 Å². The van der Waals surface area contributed by atoms with Crippen LogP contribution in [-0.2, 0) is 14.9 Å². The van der Waals surface area contributed by atoms with E-state index in [1.807, 2.05) is 0 Å². The topological polar surface area (TPSA) is 72.5 Å². The van der Waals surface area contributed by atoms with Crippen LogP contribution in [-0.4, -0.2) is 14.3 Å². The van der Waals surface area contributed by atoms with Crippen molar-refractivity contribution in [1.82, 2.24) is 0 Å². The van der Waals surface area contributed by atoms with E-state index in [-0.39, 0.29) is 22.5 Å². The molecule has 1 N–H and O–H groups in total. The smallest absolute Gasteiger partial charge is 0.339 e. The van der Waals surface area contributed by atoms with E-state index in [4.69, 9.17) is 4.18 Å². The number of hydrogen-bond donors (Lipinski definition) is 1. The fourth-order valence-electron chi connectivity index (χ4n) is 2.80. The minimum Gasteiger partial charge on any atom is -0.379 e. The Labute approximate surface area is 145 Å². The molecule has 0 heterocycles. The van der Waals surface area contributed by atoms with Crippen LogP contribution in [0.5, 0.6) is 5.75 Å². The Morgan fingerprint density at radius 2 is 1.60 bits per heavy atom. The van der Waals surface area contributed by atoms with Crippen molar-refractivity contribution in [2.45, 2.75) is 30.6 Å². The van der Waals surface area contributed by atoms with Crippen molar-refractivity contribution in [1.29, 1.82) is 0 Å². The first-order chi connectivity index (χ1) is 11.9. The molecule has 0 unspecified atom stereocenters. The van der Waals surface area contributed by atoms with Gasteiger partial charge in [-0.2, -0.15) is 8.42 Å². The van der Waals surface area contributed by atoms with Crippen LogP contribution in [0.2, 0.25) is 0 Å². The van der Waals surface area contributed by atoms with Crippen LogP contribution in [0, 0.1) is 11.7 Å². The molecular formula is C18H18FNO4S. The lowest BCUT2D eigenvalue weighted by Crippen LogP contribution is -2.20. The molecule has 0 aromatic heterocycles. The lowest BCUT2D eigenvalue weighted by Gasteiger charge is -2.11. The number of rotatable bonds is 5. The lowest BCUT2D eigenvalue weighted by atomic mass is 10.1. The monoisotopic (exact) mass is 363 g/mol. The first-order valence-electron chi connectivity index (χ1n) is 8.05. The minimum absolute atomic E-state index is 0.00916. The standard InChI is InChI=1S/C18H18FNO4S/c19-14-5-11-17(12-6-14)25(22,23)24-16-9-7-15(8-10-16)20-18(21)13-3-1-2-4-13/h5-13H,1-4H2,(H,20,21). The van der Waals surface area contributed by atoms with Gasteiger partial charge in [-0.1, -0.05) is 12.8 Å². The van der Waals surface area contributed by atoms with E-state index in [9.17, 15) is 17.6 Å². The van der Waals surface area contributed by atoms with Gasteiger partial charge in [0.15, 0.2) is 0 Å². The maximum atomic E-state index is 12.9. The van der Waals surface area contributed by atoms with Gasteiger partial charge in [0.05, 0.1) is 0 Å². The number of hydrogen-bond acceptors (Lipinski definition) is 4. The van der Waals surface area contributed by atoms with E-state index in [0.29, 0.717) is 5.69 Å². The maximum Gasteiger partial charge on any atom is 0.339 e. The van der Waals surface area contributed by atoms with Gasteiger partial charge in [0.1, 0.15) is 16.5 Å². The molecule has 2 aromatic rings. The largest absolute Gasteiger partial charge is 0.379 e. The summed E-state index contributed by atoms with van der Waals surface area (Å²) in [6.45, 7) is 0. The van der Waals surface area contributed by atoms with E-state index in [1.165, 1.54) is 12.1 Å². The number of amides is 1. The number of carbonyl (C=O) groups is 1. The Hall–Kier alpha value is -2.41. The zero-order valence-electron chi connectivity index (χ0n) is 13.4. The van der Waals surface area contributed by atoms with Gasteiger partial charge in [0.25, 0.3) is 0 Å². The lowest BCUT2D eigenvalue weighted by molar-refractivity contribution is -0.119. The molecule has 1 amide bonds. The number of carbonyl (C=O) groups excluding carboxylic acids is 1. The third kappa shape index (κ3) is 4.36. The Bertz CT molecular complexity index is 842. The fourth-order valence-corrected chi connectivity index (χ4v) is 3.73. The number of benzene rings is 2. The Balaban J connectivity index is 1.65. The summed E-state index contributed by atoms with van der Waals surface area (Å²) in [5.74, 6) is -0.371. The highest BCUT2D eigenvalue weighted by Gasteiger charge is 2.22. The third-order valence-corrected chi connectivity index (χ3v) is 5.42. The van der Waals surface area contributed by atoms with Crippen LogP contribution < -0.4 is 9.50 Å². The molecule has 3 rings (SSSR count). The molecule has 0 spiro atoms. The van der Waals surface area contributed by atoms with Crippen LogP contribution >= 0.6 is 0 Å². The number of halogens is 1. The molecule has 0 saturated heterocycles. The van der Waals surface area contributed by atoms with E-state index in [0.717, 1.165) is 49.9 Å². The van der Waals surface area contributed by atoms with Gasteiger partial charge in [-0.25, -0.2) is 4.39 Å². The van der Waals surface area contributed by atoms with Crippen LogP contribution in [0.25, 0.3) is 0 Å². The molecule has 5 nitrogen and oxygen atoms in total. The summed E-state index contributed by atoms with van der Waals surface area (Å²) in [5.41, 5.74) is 0.587. The normalized spacial score (nSPS) is 15.1. The van der Waals surface area contributed by atoms with Crippen LogP contribution in [0.1, 0.15) is 25.7 Å². The summed E-state index contributed by atoms with van der Waals surface area (Å²) in [5, 5.41) is 2.83. The van der Waals surface area contributed by atoms with Crippen LogP contribution in [0.3, 0.4) is 0 Å². The molecule has 0 atom stereocenters.